The van der Waals surface area contributed by atoms with E-state index in [1.165, 1.54) is 5.56 Å². The van der Waals surface area contributed by atoms with E-state index in [0.29, 0.717) is 49.6 Å². The topological polar surface area (TPSA) is 64.8 Å². The van der Waals surface area contributed by atoms with Gasteiger partial charge < -0.3 is 18.8 Å². The summed E-state index contributed by atoms with van der Waals surface area (Å²) in [6.45, 7) is 8.80. The Hall–Kier alpha value is -2.18. The van der Waals surface area contributed by atoms with Crippen LogP contribution >= 0.6 is 0 Å². The van der Waals surface area contributed by atoms with Crippen molar-refractivity contribution >= 4 is 5.91 Å². The first-order valence-electron chi connectivity index (χ1n) is 10.1. The Kier molecular flexibility index (Phi) is 5.25. The quantitative estimate of drug-likeness (QED) is 0.805. The van der Waals surface area contributed by atoms with Crippen LogP contribution in [0.15, 0.2) is 28.7 Å². The maximum Gasteiger partial charge on any atom is 0.228 e. The van der Waals surface area contributed by atoms with Gasteiger partial charge in [-0.2, -0.15) is 0 Å². The first-order chi connectivity index (χ1) is 13.5. The fourth-order valence-corrected chi connectivity index (χ4v) is 3.86. The number of aromatic nitrogens is 1. The summed E-state index contributed by atoms with van der Waals surface area (Å²) in [4.78, 5) is 19.2. The fourth-order valence-electron chi connectivity index (χ4n) is 3.86. The van der Waals surface area contributed by atoms with Gasteiger partial charge in [-0.15, -0.1) is 0 Å². The lowest BCUT2D eigenvalue weighted by molar-refractivity contribution is -0.187. The molecule has 1 aromatic heterocycles. The number of rotatable bonds is 4. The lowest BCUT2D eigenvalue weighted by Gasteiger charge is -2.37. The van der Waals surface area contributed by atoms with Crippen LogP contribution in [-0.4, -0.2) is 47.9 Å². The van der Waals surface area contributed by atoms with Gasteiger partial charge in [0.1, 0.15) is 5.76 Å². The van der Waals surface area contributed by atoms with E-state index in [9.17, 15) is 4.79 Å². The summed E-state index contributed by atoms with van der Waals surface area (Å²) in [5.74, 6) is 1.37. The molecular formula is C22H28N2O4. The maximum absolute atomic E-state index is 12.8. The molecular weight excluding hydrogens is 356 g/mol. The minimum atomic E-state index is -0.462. The molecule has 4 rings (SSSR count). The van der Waals surface area contributed by atoms with Crippen molar-refractivity contribution in [1.82, 2.24) is 9.88 Å². The van der Waals surface area contributed by atoms with Crippen LogP contribution in [0.25, 0.3) is 11.5 Å². The molecule has 1 amide bonds. The second-order valence-electron chi connectivity index (χ2n) is 7.96. The number of piperidine rings is 1. The third-order valence-corrected chi connectivity index (χ3v) is 5.73. The van der Waals surface area contributed by atoms with Crippen molar-refractivity contribution < 1.29 is 18.7 Å². The predicted octanol–water partition coefficient (Wildman–Crippen LogP) is 3.68. The monoisotopic (exact) mass is 384 g/mol. The van der Waals surface area contributed by atoms with Gasteiger partial charge in [0.2, 0.25) is 11.8 Å². The molecule has 2 aliphatic heterocycles. The van der Waals surface area contributed by atoms with E-state index < -0.39 is 5.79 Å². The summed E-state index contributed by atoms with van der Waals surface area (Å²) in [5.41, 5.74) is 2.92. The van der Waals surface area contributed by atoms with Crippen molar-refractivity contribution in [2.45, 2.75) is 51.7 Å². The van der Waals surface area contributed by atoms with Gasteiger partial charge in [-0.25, -0.2) is 4.98 Å². The van der Waals surface area contributed by atoms with Gasteiger partial charge in [-0.3, -0.25) is 4.79 Å². The molecule has 0 radical (unpaired) electrons. The molecule has 0 unspecified atom stereocenters. The van der Waals surface area contributed by atoms with E-state index in [0.717, 1.165) is 18.4 Å². The lowest BCUT2D eigenvalue weighted by Crippen LogP contribution is -2.47. The second-order valence-corrected chi connectivity index (χ2v) is 7.96. The molecule has 2 aliphatic rings. The van der Waals surface area contributed by atoms with Crippen LogP contribution in [0.1, 0.15) is 49.6 Å². The Morgan fingerprint density at radius 2 is 1.79 bits per heavy atom. The number of nitrogens with zero attached hydrogens (tertiary/aromatic N) is 2. The van der Waals surface area contributed by atoms with Gasteiger partial charge in [0.05, 0.1) is 25.3 Å². The number of benzene rings is 1. The average Bonchev–Trinajstić information content (AvgIpc) is 3.29. The van der Waals surface area contributed by atoms with Crippen molar-refractivity contribution in [3.63, 3.8) is 0 Å². The van der Waals surface area contributed by atoms with Crippen LogP contribution < -0.4 is 0 Å². The van der Waals surface area contributed by atoms with Crippen LogP contribution in [0.4, 0.5) is 0 Å². The minimum absolute atomic E-state index is 0.0750. The molecule has 150 valence electrons. The number of hydrogen-bond acceptors (Lipinski definition) is 5. The van der Waals surface area contributed by atoms with Crippen LogP contribution in [0.5, 0.6) is 0 Å². The van der Waals surface area contributed by atoms with Gasteiger partial charge in [0, 0.05) is 31.5 Å². The lowest BCUT2D eigenvalue weighted by atomic mass is 10.0. The first-order valence-corrected chi connectivity index (χ1v) is 10.1. The molecule has 1 spiro atoms. The molecule has 2 saturated heterocycles. The molecule has 2 aromatic rings. The molecule has 0 N–H and O–H groups in total. The minimum Gasteiger partial charge on any atom is -0.441 e. The zero-order valence-electron chi connectivity index (χ0n) is 16.9. The van der Waals surface area contributed by atoms with Gasteiger partial charge in [0.15, 0.2) is 5.79 Å². The highest BCUT2D eigenvalue weighted by Crippen LogP contribution is 2.31. The Balaban J connectivity index is 1.40. The van der Waals surface area contributed by atoms with E-state index in [1.54, 1.807) is 0 Å². The normalized spacial score (nSPS) is 18.9. The molecule has 1 aromatic carbocycles. The number of amides is 1. The Labute approximate surface area is 165 Å². The molecule has 3 heterocycles. The average molecular weight is 384 g/mol. The largest absolute Gasteiger partial charge is 0.441 e. The predicted molar refractivity (Wildman–Crippen MR) is 105 cm³/mol. The standard InChI is InChI=1S/C22H28N2O4/c1-15(2)17-4-6-18(7-5-17)21-23-19(16(3)28-21)14-20(25)24-10-8-22(9-11-24)26-12-13-27-22/h4-7,15H,8-14H2,1-3H3. The number of carbonyl (C=O) groups excluding carboxylic acids is 1. The van der Waals surface area contributed by atoms with Gasteiger partial charge in [0.25, 0.3) is 0 Å². The van der Waals surface area contributed by atoms with E-state index >= 15 is 0 Å². The van der Waals surface area contributed by atoms with Crippen molar-refractivity contribution in [3.05, 3.63) is 41.3 Å². The zero-order valence-corrected chi connectivity index (χ0v) is 16.9. The molecule has 0 bridgehead atoms. The van der Waals surface area contributed by atoms with Crippen LogP contribution in [0, 0.1) is 6.92 Å². The highest BCUT2D eigenvalue weighted by atomic mass is 16.7. The first kappa shape index (κ1) is 19.2. The maximum atomic E-state index is 12.8. The van der Waals surface area contributed by atoms with Gasteiger partial charge >= 0.3 is 0 Å². The van der Waals surface area contributed by atoms with E-state index in [-0.39, 0.29) is 12.3 Å². The summed E-state index contributed by atoms with van der Waals surface area (Å²) in [7, 11) is 0. The molecule has 28 heavy (non-hydrogen) atoms. The van der Waals surface area contributed by atoms with Gasteiger partial charge in [-0.1, -0.05) is 26.0 Å². The van der Waals surface area contributed by atoms with E-state index in [4.69, 9.17) is 13.9 Å². The third-order valence-electron chi connectivity index (χ3n) is 5.73. The summed E-state index contributed by atoms with van der Waals surface area (Å²) >= 11 is 0. The molecule has 0 atom stereocenters. The van der Waals surface area contributed by atoms with Crippen LogP contribution in [-0.2, 0) is 20.7 Å². The SMILES string of the molecule is Cc1oc(-c2ccc(C(C)C)cc2)nc1CC(=O)N1CCC2(CC1)OCCO2. The summed E-state index contributed by atoms with van der Waals surface area (Å²) in [5, 5.41) is 0. The third kappa shape index (κ3) is 3.84. The number of aryl methyl sites for hydroxylation is 1. The van der Waals surface area contributed by atoms with Crippen molar-refractivity contribution in [2.24, 2.45) is 0 Å². The van der Waals surface area contributed by atoms with Crippen molar-refractivity contribution in [2.75, 3.05) is 26.3 Å². The summed E-state index contributed by atoms with van der Waals surface area (Å²) < 4.78 is 17.3. The van der Waals surface area contributed by atoms with E-state index in [2.05, 4.69) is 31.0 Å². The van der Waals surface area contributed by atoms with Crippen LogP contribution in [0.3, 0.4) is 0 Å². The Morgan fingerprint density at radius 3 is 2.39 bits per heavy atom. The molecule has 6 nitrogen and oxygen atoms in total. The van der Waals surface area contributed by atoms with Gasteiger partial charge in [-0.05, 0) is 30.5 Å². The summed E-state index contributed by atoms with van der Waals surface area (Å²) in [6, 6.07) is 8.25. The second kappa shape index (κ2) is 7.68. The van der Waals surface area contributed by atoms with E-state index in [1.807, 2.05) is 24.0 Å². The summed E-state index contributed by atoms with van der Waals surface area (Å²) in [6.07, 6.45) is 1.71. The fraction of sp³-hybridized carbons (Fsp3) is 0.545. The molecule has 0 aliphatic carbocycles. The molecule has 0 saturated carbocycles. The number of oxazole rings is 1. The highest BCUT2D eigenvalue weighted by Gasteiger charge is 2.40. The molecule has 6 heteroatoms. The van der Waals surface area contributed by atoms with Crippen molar-refractivity contribution in [3.8, 4) is 11.5 Å². The van der Waals surface area contributed by atoms with Crippen molar-refractivity contribution in [1.29, 1.82) is 0 Å². The number of likely N-dealkylation sites (tertiary alicyclic amines) is 1. The highest BCUT2D eigenvalue weighted by molar-refractivity contribution is 5.78. The number of ether oxygens (including phenoxy) is 2. The smallest absolute Gasteiger partial charge is 0.228 e. The Bertz CT molecular complexity index is 825. The van der Waals surface area contributed by atoms with Crippen LogP contribution in [0.2, 0.25) is 0 Å². The number of carbonyl (C=O) groups is 1. The zero-order chi connectivity index (χ0) is 19.7. The molecule has 2 fully saturated rings. The Morgan fingerprint density at radius 1 is 1.14 bits per heavy atom. The number of hydrogen-bond donors (Lipinski definition) is 0.